The van der Waals surface area contributed by atoms with Crippen LogP contribution in [0, 0.1) is 0 Å². The quantitative estimate of drug-likeness (QED) is 0.493. The van der Waals surface area contributed by atoms with Crippen LogP contribution in [0.4, 0.5) is 5.69 Å². The normalized spacial score (nSPS) is 23.9. The predicted octanol–water partition coefficient (Wildman–Crippen LogP) is 5.51. The van der Waals surface area contributed by atoms with Crippen molar-refractivity contribution >= 4 is 56.2 Å². The number of amides is 1. The summed E-state index contributed by atoms with van der Waals surface area (Å²) in [6, 6.07) is 15.1. The first-order chi connectivity index (χ1) is 14.1. The van der Waals surface area contributed by atoms with Crippen molar-refractivity contribution in [2.45, 2.75) is 18.2 Å². The van der Waals surface area contributed by atoms with Crippen molar-refractivity contribution in [3.63, 3.8) is 0 Å². The van der Waals surface area contributed by atoms with Crippen LogP contribution >= 0.6 is 38.9 Å². The number of ether oxygens (including phenoxy) is 1. The number of thiophene rings is 1. The van der Waals surface area contributed by atoms with Gasteiger partial charge in [-0.2, -0.15) is 5.10 Å². The fraction of sp³-hybridized carbons (Fsp3) is 0.143. The molecule has 0 saturated carbocycles. The van der Waals surface area contributed by atoms with Crippen LogP contribution in [0.15, 0.2) is 63.5 Å². The number of nitrogens with zero attached hydrogens (tertiary/aromatic N) is 2. The van der Waals surface area contributed by atoms with Crippen molar-refractivity contribution in [3.8, 4) is 5.75 Å². The minimum absolute atomic E-state index is 0.148. The topological polar surface area (TPSA) is 53.9 Å². The van der Waals surface area contributed by atoms with Gasteiger partial charge < -0.3 is 10.1 Å². The van der Waals surface area contributed by atoms with E-state index in [-0.39, 0.29) is 11.9 Å². The first kappa shape index (κ1) is 17.5. The molecule has 1 spiro atoms. The molecule has 2 atom stereocenters. The molecule has 0 saturated heterocycles. The third-order valence-corrected chi connectivity index (χ3v) is 7.18. The van der Waals surface area contributed by atoms with E-state index in [1.807, 2.05) is 52.9 Å². The van der Waals surface area contributed by atoms with Crippen molar-refractivity contribution in [1.82, 2.24) is 5.01 Å². The molecule has 2 unspecified atom stereocenters. The van der Waals surface area contributed by atoms with Crippen LogP contribution < -0.4 is 10.1 Å². The number of carbonyl (C=O) groups excluding carboxylic acids is 1. The summed E-state index contributed by atoms with van der Waals surface area (Å²) in [6.07, 6.45) is 0.676. The third kappa shape index (κ3) is 2.38. The molecule has 1 N–H and O–H groups in total. The monoisotopic (exact) mass is 485 g/mol. The standard InChI is InChI=1S/C21H13BrClN3O2S/c22-11-3-5-15-14(8-11)21(20(27)24-15)26-17(10-16(25-26)19-2-1-7-29-19)13-9-12(23)4-6-18(13)28-21/h1-9,17H,10H2,(H,24,27). The summed E-state index contributed by atoms with van der Waals surface area (Å²) in [5, 5.41) is 12.4. The Labute approximate surface area is 184 Å². The average Bonchev–Trinajstić information content (AvgIpc) is 3.42. The summed E-state index contributed by atoms with van der Waals surface area (Å²) in [4.78, 5) is 14.4. The lowest BCUT2D eigenvalue weighted by molar-refractivity contribution is -0.161. The fourth-order valence-electron chi connectivity index (χ4n) is 4.28. The highest BCUT2D eigenvalue weighted by Gasteiger charge is 2.61. The van der Waals surface area contributed by atoms with Crippen molar-refractivity contribution < 1.29 is 9.53 Å². The number of hydrazone groups is 1. The zero-order valence-electron chi connectivity index (χ0n) is 14.9. The molecule has 0 bridgehead atoms. The van der Waals surface area contributed by atoms with Crippen LogP contribution in [0.25, 0.3) is 0 Å². The molecule has 3 aromatic rings. The molecule has 3 aliphatic rings. The van der Waals surface area contributed by atoms with Crippen molar-refractivity contribution in [2.75, 3.05) is 5.32 Å². The minimum atomic E-state index is -1.36. The predicted molar refractivity (Wildman–Crippen MR) is 117 cm³/mol. The van der Waals surface area contributed by atoms with Crippen LogP contribution in [0.2, 0.25) is 5.02 Å². The van der Waals surface area contributed by atoms with Gasteiger partial charge in [-0.15, -0.1) is 11.3 Å². The van der Waals surface area contributed by atoms with E-state index >= 15 is 0 Å². The highest BCUT2D eigenvalue weighted by molar-refractivity contribution is 9.10. The number of anilines is 1. The maximum Gasteiger partial charge on any atom is 0.306 e. The summed E-state index contributed by atoms with van der Waals surface area (Å²) in [5.74, 6) is 0.411. The third-order valence-electron chi connectivity index (χ3n) is 5.53. The number of nitrogens with one attached hydrogen (secondary N) is 1. The number of benzene rings is 2. The van der Waals surface area contributed by atoms with Crippen LogP contribution in [-0.2, 0) is 10.5 Å². The Bertz CT molecular complexity index is 1210. The average molecular weight is 487 g/mol. The molecule has 0 aliphatic carbocycles. The molecule has 8 heteroatoms. The van der Waals surface area contributed by atoms with Gasteiger partial charge in [0.1, 0.15) is 5.75 Å². The fourth-order valence-corrected chi connectivity index (χ4v) is 5.54. The zero-order valence-corrected chi connectivity index (χ0v) is 18.0. The van der Waals surface area contributed by atoms with Gasteiger partial charge in [-0.05, 0) is 47.8 Å². The molecular formula is C21H13BrClN3O2S. The van der Waals surface area contributed by atoms with E-state index in [0.717, 1.165) is 31.9 Å². The lowest BCUT2D eigenvalue weighted by atomic mass is 9.93. The second-order valence-corrected chi connectivity index (χ2v) is 9.46. The smallest absolute Gasteiger partial charge is 0.306 e. The first-order valence-corrected chi connectivity index (χ1v) is 11.1. The van der Waals surface area contributed by atoms with Crippen LogP contribution in [0.3, 0.4) is 0 Å². The molecule has 144 valence electrons. The van der Waals surface area contributed by atoms with Gasteiger partial charge >= 0.3 is 5.72 Å². The van der Waals surface area contributed by atoms with E-state index in [2.05, 4.69) is 21.2 Å². The molecule has 1 aromatic heterocycles. The van der Waals surface area contributed by atoms with Crippen LogP contribution in [0.1, 0.15) is 28.5 Å². The number of fused-ring (bicyclic) bond motifs is 6. The van der Waals surface area contributed by atoms with Gasteiger partial charge in [0.15, 0.2) is 0 Å². The molecule has 6 rings (SSSR count). The SMILES string of the molecule is O=C1Nc2ccc(Br)cc2C12Oc1ccc(Cl)cc1C1CC(c3cccs3)=NN12. The van der Waals surface area contributed by atoms with Gasteiger partial charge in [0, 0.05) is 21.5 Å². The largest absolute Gasteiger partial charge is 0.453 e. The van der Waals surface area contributed by atoms with E-state index in [0.29, 0.717) is 17.2 Å². The number of rotatable bonds is 1. The lowest BCUT2D eigenvalue weighted by Gasteiger charge is -2.44. The van der Waals surface area contributed by atoms with Gasteiger partial charge in [-0.25, -0.2) is 5.01 Å². The van der Waals surface area contributed by atoms with E-state index < -0.39 is 5.72 Å². The molecule has 4 heterocycles. The van der Waals surface area contributed by atoms with Crippen molar-refractivity contribution in [1.29, 1.82) is 0 Å². The number of hydrogen-bond acceptors (Lipinski definition) is 5. The molecule has 5 nitrogen and oxygen atoms in total. The maximum atomic E-state index is 13.3. The minimum Gasteiger partial charge on any atom is -0.453 e. The summed E-state index contributed by atoms with van der Waals surface area (Å²) in [5.41, 5.74) is 2.00. The number of carbonyl (C=O) groups is 1. The van der Waals surface area contributed by atoms with Gasteiger partial charge in [0.25, 0.3) is 5.91 Å². The maximum absolute atomic E-state index is 13.3. The Kier molecular flexibility index (Phi) is 3.67. The Morgan fingerprint density at radius 1 is 1.28 bits per heavy atom. The first-order valence-electron chi connectivity index (χ1n) is 9.07. The molecule has 0 fully saturated rings. The molecule has 2 aromatic carbocycles. The van der Waals surface area contributed by atoms with E-state index in [1.54, 1.807) is 17.4 Å². The zero-order chi connectivity index (χ0) is 19.8. The molecule has 1 amide bonds. The van der Waals surface area contributed by atoms with Crippen LogP contribution in [0.5, 0.6) is 5.75 Å². The highest BCUT2D eigenvalue weighted by atomic mass is 79.9. The summed E-state index contributed by atoms with van der Waals surface area (Å²) in [7, 11) is 0. The number of hydrogen-bond donors (Lipinski definition) is 1. The molecular weight excluding hydrogens is 474 g/mol. The molecule has 29 heavy (non-hydrogen) atoms. The summed E-state index contributed by atoms with van der Waals surface area (Å²) >= 11 is 11.5. The second-order valence-electron chi connectivity index (χ2n) is 7.16. The Balaban J connectivity index is 1.61. The van der Waals surface area contributed by atoms with Gasteiger partial charge in [-0.3, -0.25) is 4.79 Å². The highest BCUT2D eigenvalue weighted by Crippen LogP contribution is 2.54. The van der Waals surface area contributed by atoms with Gasteiger partial charge in [0.05, 0.1) is 27.9 Å². The van der Waals surface area contributed by atoms with Crippen LogP contribution in [-0.4, -0.2) is 16.6 Å². The van der Waals surface area contributed by atoms with E-state index in [4.69, 9.17) is 21.4 Å². The van der Waals surface area contributed by atoms with Gasteiger partial charge in [0.2, 0.25) is 0 Å². The van der Waals surface area contributed by atoms with Crippen molar-refractivity contribution in [3.05, 3.63) is 79.4 Å². The molecule has 3 aliphatic heterocycles. The van der Waals surface area contributed by atoms with Crippen molar-refractivity contribution in [2.24, 2.45) is 5.10 Å². The summed E-state index contributed by atoms with van der Waals surface area (Å²) in [6.45, 7) is 0. The Morgan fingerprint density at radius 3 is 3.00 bits per heavy atom. The van der Waals surface area contributed by atoms with E-state index in [1.165, 1.54) is 0 Å². The van der Waals surface area contributed by atoms with E-state index in [9.17, 15) is 4.79 Å². The lowest BCUT2D eigenvalue weighted by Crippen LogP contribution is -2.55. The Hall–Kier alpha value is -2.35. The molecule has 0 radical (unpaired) electrons. The number of halogens is 2. The second kappa shape index (κ2) is 6.08. The Morgan fingerprint density at radius 2 is 2.17 bits per heavy atom. The summed E-state index contributed by atoms with van der Waals surface area (Å²) < 4.78 is 7.31. The van der Waals surface area contributed by atoms with Gasteiger partial charge in [-0.1, -0.05) is 33.6 Å².